The standard InChI is InChI=1S/C77H126O16P2/c1-4-7-10-13-16-19-22-25-28-31-33-34-35-36-38-41-42-45-48-51-54-57-60-63-75(80)87-66-72(78)67-89-94(83,84)90-68-73(79)69-91-95(85,86)92-71-74(93-77(82)65-62-59-56-53-50-47-44-39-30-27-24-21-18-15-12-9-6-3)70-88-76(81)64-61-58-55-52-49-46-43-40-37-32-29-26-23-20-17-14-11-8-5-2/h7-12,16-21,25-30,33-34,36-38,40,46,49,72-74,78-79H,4-6,13-15,22-24,31-32,35,39,41-45,47-48,50-71H2,1-3H3,(H,83,84)(H,85,86)/b10-7-,11-8-,12-9-,19-16-,20-17-,21-18-,28-25-,29-26-,30-27-,34-33-,38-36-,40-37-,49-46-. The van der Waals surface area contributed by atoms with E-state index in [0.29, 0.717) is 19.3 Å². The van der Waals surface area contributed by atoms with Crippen LogP contribution in [0.5, 0.6) is 0 Å². The maximum absolute atomic E-state index is 13.0. The maximum atomic E-state index is 13.0. The average Bonchev–Trinajstić information content (AvgIpc) is 2.05. The zero-order chi connectivity index (χ0) is 69.5. The first-order valence-corrected chi connectivity index (χ1v) is 38.8. The molecule has 0 aliphatic carbocycles. The first-order valence-electron chi connectivity index (χ1n) is 35.8. The van der Waals surface area contributed by atoms with E-state index in [2.05, 4.69) is 179 Å². The van der Waals surface area contributed by atoms with Gasteiger partial charge in [-0.3, -0.25) is 32.5 Å². The van der Waals surface area contributed by atoms with Crippen LogP contribution in [0.1, 0.15) is 252 Å². The molecule has 0 saturated carbocycles. The summed E-state index contributed by atoms with van der Waals surface area (Å²) in [6.45, 7) is 2.25. The van der Waals surface area contributed by atoms with Crippen molar-refractivity contribution in [2.75, 3.05) is 39.6 Å². The van der Waals surface area contributed by atoms with Gasteiger partial charge in [-0.05, 0) is 141 Å². The molecular formula is C77H126O16P2. The van der Waals surface area contributed by atoms with Crippen LogP contribution in [-0.4, -0.2) is 95.9 Å². The Morgan fingerprint density at radius 3 is 0.842 bits per heavy atom. The van der Waals surface area contributed by atoms with Crippen LogP contribution in [0.15, 0.2) is 158 Å². The predicted molar refractivity (Wildman–Crippen MR) is 389 cm³/mol. The summed E-state index contributed by atoms with van der Waals surface area (Å²) in [7, 11) is -9.81. The minimum Gasteiger partial charge on any atom is -0.463 e. The number of unbranched alkanes of at least 4 members (excludes halogenated alkanes) is 17. The van der Waals surface area contributed by atoms with E-state index in [0.717, 1.165) is 193 Å². The lowest BCUT2D eigenvalue weighted by Gasteiger charge is -2.21. The van der Waals surface area contributed by atoms with Crippen molar-refractivity contribution in [1.29, 1.82) is 0 Å². The molecule has 0 fully saturated rings. The highest BCUT2D eigenvalue weighted by Gasteiger charge is 2.29. The highest BCUT2D eigenvalue weighted by molar-refractivity contribution is 7.47. The van der Waals surface area contributed by atoms with Crippen molar-refractivity contribution in [2.24, 2.45) is 0 Å². The summed E-state index contributed by atoms with van der Waals surface area (Å²) in [4.78, 5) is 58.5. The van der Waals surface area contributed by atoms with Gasteiger partial charge in [0.1, 0.15) is 25.4 Å². The quantitative estimate of drug-likeness (QED) is 0.0146. The fourth-order valence-corrected chi connectivity index (χ4v) is 10.5. The van der Waals surface area contributed by atoms with E-state index in [9.17, 15) is 43.5 Å². The number of aliphatic hydroxyl groups is 2. The van der Waals surface area contributed by atoms with Gasteiger partial charge in [-0.25, -0.2) is 9.13 Å². The number of aliphatic hydroxyl groups excluding tert-OH is 2. The number of esters is 3. The Morgan fingerprint density at radius 2 is 0.526 bits per heavy atom. The van der Waals surface area contributed by atoms with Crippen LogP contribution in [0.3, 0.4) is 0 Å². The third-order valence-corrected chi connectivity index (χ3v) is 16.1. The number of hydrogen-bond donors (Lipinski definition) is 4. The van der Waals surface area contributed by atoms with E-state index in [1.807, 2.05) is 0 Å². The number of carbonyl (C=O) groups is 3. The molecule has 5 unspecified atom stereocenters. The van der Waals surface area contributed by atoms with Crippen molar-refractivity contribution in [2.45, 2.75) is 270 Å². The lowest BCUT2D eigenvalue weighted by molar-refractivity contribution is -0.161. The van der Waals surface area contributed by atoms with Crippen molar-refractivity contribution in [3.05, 3.63) is 158 Å². The Hall–Kier alpha value is -4.83. The second-order valence-electron chi connectivity index (χ2n) is 23.2. The third-order valence-electron chi connectivity index (χ3n) is 14.2. The molecular weight excluding hydrogens is 1240 g/mol. The lowest BCUT2D eigenvalue weighted by atomic mass is 10.1. The number of phosphoric ester groups is 2. The van der Waals surface area contributed by atoms with E-state index in [1.165, 1.54) is 0 Å². The van der Waals surface area contributed by atoms with Gasteiger partial charge in [-0.1, -0.05) is 249 Å². The Balaban J connectivity index is 4.72. The van der Waals surface area contributed by atoms with Crippen molar-refractivity contribution < 1.29 is 75.8 Å². The zero-order valence-electron chi connectivity index (χ0n) is 58.5. The van der Waals surface area contributed by atoms with Gasteiger partial charge in [0.2, 0.25) is 0 Å². The molecule has 5 atom stereocenters. The van der Waals surface area contributed by atoms with Crippen LogP contribution in [0.4, 0.5) is 0 Å². The molecule has 0 aromatic carbocycles. The van der Waals surface area contributed by atoms with Crippen LogP contribution in [-0.2, 0) is 55.8 Å². The molecule has 18 heteroatoms. The lowest BCUT2D eigenvalue weighted by Crippen LogP contribution is -2.30. The van der Waals surface area contributed by atoms with Crippen molar-refractivity contribution >= 4 is 33.6 Å². The molecule has 0 radical (unpaired) electrons. The molecule has 16 nitrogen and oxygen atoms in total. The summed E-state index contributed by atoms with van der Waals surface area (Å²) in [5, 5.41) is 20.6. The first kappa shape index (κ1) is 90.2. The van der Waals surface area contributed by atoms with Gasteiger partial charge in [0.15, 0.2) is 6.10 Å². The smallest absolute Gasteiger partial charge is 0.463 e. The average molecular weight is 1370 g/mol. The highest BCUT2D eigenvalue weighted by Crippen LogP contribution is 2.45. The molecule has 4 N–H and O–H groups in total. The Labute approximate surface area is 574 Å². The van der Waals surface area contributed by atoms with Gasteiger partial charge in [0.25, 0.3) is 0 Å². The number of rotatable bonds is 66. The van der Waals surface area contributed by atoms with Crippen LogP contribution >= 0.6 is 15.6 Å². The van der Waals surface area contributed by atoms with Gasteiger partial charge in [0.05, 0.1) is 26.4 Å². The van der Waals surface area contributed by atoms with Crippen LogP contribution < -0.4 is 0 Å². The largest absolute Gasteiger partial charge is 0.472 e. The first-order chi connectivity index (χ1) is 46.2. The zero-order valence-corrected chi connectivity index (χ0v) is 60.3. The number of phosphoric acid groups is 2. The third kappa shape index (κ3) is 70.3. The molecule has 0 aliphatic rings. The Bertz CT molecular complexity index is 2360. The van der Waals surface area contributed by atoms with Crippen LogP contribution in [0, 0.1) is 0 Å². The normalized spacial score (nSPS) is 15.1. The van der Waals surface area contributed by atoms with Gasteiger partial charge >= 0.3 is 33.6 Å². The fraction of sp³-hybridized carbons (Fsp3) is 0.623. The maximum Gasteiger partial charge on any atom is 0.472 e. The summed E-state index contributed by atoms with van der Waals surface area (Å²) in [6.07, 6.45) is 84.3. The fourth-order valence-electron chi connectivity index (χ4n) is 8.87. The van der Waals surface area contributed by atoms with Crippen LogP contribution in [0.2, 0.25) is 0 Å². The van der Waals surface area contributed by atoms with Gasteiger partial charge in [-0.15, -0.1) is 0 Å². The molecule has 0 spiro atoms. The Morgan fingerprint density at radius 1 is 0.295 bits per heavy atom. The second kappa shape index (κ2) is 69.1. The summed E-state index contributed by atoms with van der Waals surface area (Å²) in [5.74, 6) is -1.64. The highest BCUT2D eigenvalue weighted by atomic mass is 31.2. The molecule has 0 aromatic heterocycles. The van der Waals surface area contributed by atoms with Gasteiger partial charge in [-0.2, -0.15) is 0 Å². The molecule has 540 valence electrons. The summed E-state index contributed by atoms with van der Waals surface area (Å²) >= 11 is 0. The van der Waals surface area contributed by atoms with E-state index in [4.69, 9.17) is 32.3 Å². The molecule has 0 aliphatic heterocycles. The van der Waals surface area contributed by atoms with Crippen molar-refractivity contribution in [3.63, 3.8) is 0 Å². The number of ether oxygens (including phenoxy) is 3. The van der Waals surface area contributed by atoms with E-state index in [-0.39, 0.29) is 19.3 Å². The minimum atomic E-state index is -4.95. The number of carbonyl (C=O) groups excluding carboxylic acids is 3. The molecule has 0 amide bonds. The summed E-state index contributed by atoms with van der Waals surface area (Å²) in [6, 6.07) is 0. The molecule has 0 saturated heterocycles. The second-order valence-corrected chi connectivity index (χ2v) is 26.1. The molecule has 0 aromatic rings. The number of allylic oxidation sites excluding steroid dienone is 26. The monoisotopic (exact) mass is 1370 g/mol. The molecule has 95 heavy (non-hydrogen) atoms. The Kier molecular flexibility index (Phi) is 65.6. The van der Waals surface area contributed by atoms with E-state index < -0.39 is 91.5 Å². The van der Waals surface area contributed by atoms with Gasteiger partial charge < -0.3 is 34.2 Å². The molecule has 0 heterocycles. The van der Waals surface area contributed by atoms with Crippen LogP contribution in [0.25, 0.3) is 0 Å². The molecule has 0 rings (SSSR count). The summed E-state index contributed by atoms with van der Waals surface area (Å²) in [5.41, 5.74) is 0. The predicted octanol–water partition coefficient (Wildman–Crippen LogP) is 20.3. The summed E-state index contributed by atoms with van der Waals surface area (Å²) < 4.78 is 61.0. The SMILES string of the molecule is CC/C=C\C/C=C\C/C=C\C/C=C\C/C=C\CCCCCCCCCC(=O)OCC(O)COP(=O)(O)OCC(O)COP(=O)(O)OCC(COC(=O)CCCCC/C=C\C/C=C\C/C=C\C/C=C\C/C=C\CC)OC(=O)CCCCCCCCC/C=C\C/C=C\C/C=C\CC. The van der Waals surface area contributed by atoms with Crippen molar-refractivity contribution in [1.82, 2.24) is 0 Å². The van der Waals surface area contributed by atoms with E-state index >= 15 is 0 Å². The van der Waals surface area contributed by atoms with E-state index in [1.54, 1.807) is 0 Å². The van der Waals surface area contributed by atoms with Gasteiger partial charge in [0, 0.05) is 19.3 Å². The van der Waals surface area contributed by atoms with Crippen molar-refractivity contribution in [3.8, 4) is 0 Å². The number of hydrogen-bond acceptors (Lipinski definition) is 14. The minimum absolute atomic E-state index is 0.0797. The topological polar surface area (TPSA) is 231 Å². The molecule has 0 bridgehead atoms.